The molecule has 0 radical (unpaired) electrons. The van der Waals surface area contributed by atoms with Crippen molar-refractivity contribution in [1.29, 1.82) is 0 Å². The Balaban J connectivity index is 2.51. The molecule has 2 heteroatoms. The highest BCUT2D eigenvalue weighted by Crippen LogP contribution is 2.04. The molecule has 1 rings (SSSR count). The summed E-state index contributed by atoms with van der Waals surface area (Å²) in [4.78, 5) is 0. The lowest BCUT2D eigenvalue weighted by molar-refractivity contribution is 0.204. The van der Waals surface area contributed by atoms with Crippen LogP contribution in [0.3, 0.4) is 0 Å². The van der Waals surface area contributed by atoms with Crippen LogP contribution >= 0.6 is 0 Å². The lowest BCUT2D eigenvalue weighted by Gasteiger charge is -2.02. The van der Waals surface area contributed by atoms with Gasteiger partial charge in [-0.25, -0.2) is 0 Å². The summed E-state index contributed by atoms with van der Waals surface area (Å²) < 4.78 is 0. The van der Waals surface area contributed by atoms with Crippen molar-refractivity contribution in [3.05, 3.63) is 23.9 Å². The fourth-order valence-corrected chi connectivity index (χ4v) is 0.696. The average Bonchev–Trinajstić information content (AvgIpc) is 1.90. The standard InChI is InChI=1S/C6H9NO/c8-7-6-4-2-1-3-5-6/h2,4-5,7-8H,1,3H2. The van der Waals surface area contributed by atoms with Gasteiger partial charge in [-0.3, -0.25) is 10.7 Å². The first-order chi connectivity index (χ1) is 3.93. The van der Waals surface area contributed by atoms with E-state index in [1.54, 1.807) is 0 Å². The molecule has 0 spiro atoms. The molecule has 0 bridgehead atoms. The van der Waals surface area contributed by atoms with E-state index in [-0.39, 0.29) is 0 Å². The third kappa shape index (κ3) is 1.10. The Kier molecular flexibility index (Phi) is 1.70. The maximum Gasteiger partial charge on any atom is 0.0559 e. The van der Waals surface area contributed by atoms with Crippen molar-refractivity contribution >= 4 is 0 Å². The van der Waals surface area contributed by atoms with Crippen LogP contribution in [0.25, 0.3) is 0 Å². The van der Waals surface area contributed by atoms with Gasteiger partial charge in [0.25, 0.3) is 0 Å². The zero-order chi connectivity index (χ0) is 5.82. The number of hydrogen-bond donors (Lipinski definition) is 2. The summed E-state index contributed by atoms with van der Waals surface area (Å²) in [6, 6.07) is 0. The molecular weight excluding hydrogens is 102 g/mol. The molecule has 0 aliphatic heterocycles. The fourth-order valence-electron chi connectivity index (χ4n) is 0.696. The summed E-state index contributed by atoms with van der Waals surface area (Å²) in [7, 11) is 0. The van der Waals surface area contributed by atoms with Crippen molar-refractivity contribution in [2.45, 2.75) is 12.8 Å². The van der Waals surface area contributed by atoms with E-state index < -0.39 is 0 Å². The van der Waals surface area contributed by atoms with Gasteiger partial charge in [0.05, 0.1) is 5.70 Å². The monoisotopic (exact) mass is 111 g/mol. The van der Waals surface area contributed by atoms with Gasteiger partial charge >= 0.3 is 0 Å². The van der Waals surface area contributed by atoms with Gasteiger partial charge in [-0.15, -0.1) is 0 Å². The van der Waals surface area contributed by atoms with E-state index in [1.807, 2.05) is 18.2 Å². The van der Waals surface area contributed by atoms with Gasteiger partial charge in [0.2, 0.25) is 0 Å². The molecule has 0 heterocycles. The van der Waals surface area contributed by atoms with Crippen molar-refractivity contribution in [1.82, 2.24) is 5.48 Å². The van der Waals surface area contributed by atoms with Crippen molar-refractivity contribution in [2.24, 2.45) is 0 Å². The maximum absolute atomic E-state index is 8.32. The molecule has 0 saturated heterocycles. The Labute approximate surface area is 48.5 Å². The summed E-state index contributed by atoms with van der Waals surface area (Å²) in [6.07, 6.45) is 7.96. The molecule has 0 aromatic heterocycles. The Morgan fingerprint density at radius 1 is 1.50 bits per heavy atom. The maximum atomic E-state index is 8.32. The lowest BCUT2D eigenvalue weighted by atomic mass is 10.2. The minimum Gasteiger partial charge on any atom is -0.291 e. The summed E-state index contributed by atoms with van der Waals surface area (Å²) in [6.45, 7) is 0. The van der Waals surface area contributed by atoms with E-state index in [2.05, 4.69) is 5.48 Å². The van der Waals surface area contributed by atoms with Crippen LogP contribution in [0.1, 0.15) is 12.8 Å². The lowest BCUT2D eigenvalue weighted by Crippen LogP contribution is -2.05. The fraction of sp³-hybridized carbons (Fsp3) is 0.333. The Hall–Kier alpha value is -0.760. The zero-order valence-electron chi connectivity index (χ0n) is 4.59. The molecule has 0 unspecified atom stereocenters. The van der Waals surface area contributed by atoms with E-state index in [0.717, 1.165) is 18.5 Å². The van der Waals surface area contributed by atoms with Crippen LogP contribution in [0.4, 0.5) is 0 Å². The Bertz CT molecular complexity index is 126. The van der Waals surface area contributed by atoms with Crippen LogP contribution in [0, 0.1) is 0 Å². The van der Waals surface area contributed by atoms with Crippen molar-refractivity contribution in [3.63, 3.8) is 0 Å². The number of hydrogen-bond acceptors (Lipinski definition) is 2. The van der Waals surface area contributed by atoms with E-state index in [9.17, 15) is 0 Å². The van der Waals surface area contributed by atoms with Gasteiger partial charge in [0.15, 0.2) is 0 Å². The van der Waals surface area contributed by atoms with Gasteiger partial charge in [0, 0.05) is 0 Å². The molecular formula is C6H9NO. The Morgan fingerprint density at radius 3 is 2.75 bits per heavy atom. The van der Waals surface area contributed by atoms with Gasteiger partial charge < -0.3 is 0 Å². The molecule has 0 saturated carbocycles. The first kappa shape index (κ1) is 5.38. The second kappa shape index (κ2) is 2.52. The SMILES string of the molecule is ONC1=CCCC=C1. The van der Waals surface area contributed by atoms with Crippen LogP contribution in [0.2, 0.25) is 0 Å². The van der Waals surface area contributed by atoms with Crippen LogP contribution in [0.5, 0.6) is 0 Å². The van der Waals surface area contributed by atoms with Crippen molar-refractivity contribution in [2.75, 3.05) is 0 Å². The van der Waals surface area contributed by atoms with E-state index in [4.69, 9.17) is 5.21 Å². The molecule has 2 N–H and O–H groups in total. The van der Waals surface area contributed by atoms with Crippen LogP contribution < -0.4 is 5.48 Å². The number of nitrogens with one attached hydrogen (secondary N) is 1. The summed E-state index contributed by atoms with van der Waals surface area (Å²) in [5, 5.41) is 8.32. The molecule has 0 aromatic carbocycles. The first-order valence-corrected chi connectivity index (χ1v) is 2.70. The highest BCUT2D eigenvalue weighted by Gasteiger charge is 1.91. The normalized spacial score (nSPS) is 17.9. The minimum atomic E-state index is 0.802. The average molecular weight is 111 g/mol. The highest BCUT2D eigenvalue weighted by molar-refractivity contribution is 5.18. The molecule has 1 aliphatic carbocycles. The first-order valence-electron chi connectivity index (χ1n) is 2.70. The van der Waals surface area contributed by atoms with Gasteiger partial charge in [-0.2, -0.15) is 0 Å². The summed E-state index contributed by atoms with van der Waals surface area (Å²) in [5.74, 6) is 0. The minimum absolute atomic E-state index is 0.802. The van der Waals surface area contributed by atoms with Gasteiger partial charge in [0.1, 0.15) is 0 Å². The molecule has 0 fully saturated rings. The van der Waals surface area contributed by atoms with Crippen LogP contribution in [-0.4, -0.2) is 5.21 Å². The second-order valence-corrected chi connectivity index (χ2v) is 1.75. The zero-order valence-corrected chi connectivity index (χ0v) is 4.59. The van der Waals surface area contributed by atoms with Gasteiger partial charge in [-0.1, -0.05) is 12.2 Å². The van der Waals surface area contributed by atoms with Gasteiger partial charge in [-0.05, 0) is 18.9 Å². The molecule has 1 aliphatic rings. The van der Waals surface area contributed by atoms with E-state index in [1.165, 1.54) is 0 Å². The Morgan fingerprint density at radius 2 is 2.38 bits per heavy atom. The third-order valence-corrected chi connectivity index (χ3v) is 1.12. The second-order valence-electron chi connectivity index (χ2n) is 1.75. The molecule has 44 valence electrons. The predicted molar refractivity (Wildman–Crippen MR) is 31.4 cm³/mol. The smallest absolute Gasteiger partial charge is 0.0559 e. The van der Waals surface area contributed by atoms with E-state index >= 15 is 0 Å². The molecule has 2 nitrogen and oxygen atoms in total. The van der Waals surface area contributed by atoms with Crippen molar-refractivity contribution < 1.29 is 5.21 Å². The summed E-state index contributed by atoms with van der Waals surface area (Å²) >= 11 is 0. The molecule has 0 atom stereocenters. The summed E-state index contributed by atoms with van der Waals surface area (Å²) in [5.41, 5.74) is 2.88. The highest BCUT2D eigenvalue weighted by atomic mass is 16.5. The number of hydroxylamine groups is 1. The predicted octanol–water partition coefficient (Wildman–Crippen LogP) is 1.20. The molecule has 8 heavy (non-hydrogen) atoms. The third-order valence-electron chi connectivity index (χ3n) is 1.12. The number of rotatable bonds is 1. The van der Waals surface area contributed by atoms with Crippen LogP contribution in [-0.2, 0) is 0 Å². The van der Waals surface area contributed by atoms with E-state index in [0.29, 0.717) is 0 Å². The number of allylic oxidation sites excluding steroid dienone is 3. The molecule has 0 aromatic rings. The quantitative estimate of drug-likeness (QED) is 0.498. The topological polar surface area (TPSA) is 32.3 Å². The largest absolute Gasteiger partial charge is 0.291 e. The molecule has 0 amide bonds. The van der Waals surface area contributed by atoms with Crippen LogP contribution in [0.15, 0.2) is 23.9 Å². The van der Waals surface area contributed by atoms with Crippen molar-refractivity contribution in [3.8, 4) is 0 Å².